The fraction of sp³-hybridized carbons (Fsp3) is 0.778. The van der Waals surface area contributed by atoms with Crippen LogP contribution in [0.15, 0.2) is 12.7 Å². The molecule has 4 atom stereocenters. The van der Waals surface area contributed by atoms with E-state index in [0.717, 1.165) is 19.4 Å². The molecular formula is C18H27FN6O. The van der Waals surface area contributed by atoms with E-state index in [0.29, 0.717) is 5.92 Å². The van der Waals surface area contributed by atoms with Gasteiger partial charge in [0, 0.05) is 18.5 Å². The first-order valence-corrected chi connectivity index (χ1v) is 9.17. The summed E-state index contributed by atoms with van der Waals surface area (Å²) in [7, 11) is 0. The van der Waals surface area contributed by atoms with Gasteiger partial charge in [-0.15, -0.1) is 0 Å². The smallest absolute Gasteiger partial charge is 0.237 e. The van der Waals surface area contributed by atoms with E-state index >= 15 is 0 Å². The van der Waals surface area contributed by atoms with E-state index in [4.69, 9.17) is 5.26 Å². The normalized spacial score (nSPS) is 33.3. The van der Waals surface area contributed by atoms with Gasteiger partial charge in [0.25, 0.3) is 0 Å². The molecule has 0 bridgehead atoms. The Morgan fingerprint density at radius 2 is 2.23 bits per heavy atom. The van der Waals surface area contributed by atoms with Crippen molar-refractivity contribution in [1.29, 1.82) is 5.26 Å². The summed E-state index contributed by atoms with van der Waals surface area (Å²) in [6, 6.07) is 1.38. The lowest BCUT2D eigenvalue weighted by Gasteiger charge is -2.42. The van der Waals surface area contributed by atoms with Crippen LogP contribution in [0.25, 0.3) is 0 Å². The maximum atomic E-state index is 13.6. The summed E-state index contributed by atoms with van der Waals surface area (Å²) in [6.45, 7) is 7.51. The molecule has 1 N–H and O–H groups in total. The minimum Gasteiger partial charge on any atom is -0.323 e. The van der Waals surface area contributed by atoms with Crippen molar-refractivity contribution < 1.29 is 9.18 Å². The van der Waals surface area contributed by atoms with Crippen LogP contribution >= 0.6 is 0 Å². The maximum Gasteiger partial charge on any atom is 0.237 e. The average Bonchev–Trinajstić information content (AvgIpc) is 3.29. The van der Waals surface area contributed by atoms with Gasteiger partial charge >= 0.3 is 0 Å². The molecule has 0 spiro atoms. The van der Waals surface area contributed by atoms with Gasteiger partial charge in [-0.1, -0.05) is 13.8 Å². The number of likely N-dealkylation sites (tertiary alicyclic amines) is 1. The zero-order valence-corrected chi connectivity index (χ0v) is 15.7. The Morgan fingerprint density at radius 1 is 1.46 bits per heavy atom. The third-order valence-electron chi connectivity index (χ3n) is 6.66. The van der Waals surface area contributed by atoms with Crippen molar-refractivity contribution in [2.24, 2.45) is 11.3 Å². The van der Waals surface area contributed by atoms with Gasteiger partial charge in [0.2, 0.25) is 5.91 Å². The molecule has 0 unspecified atom stereocenters. The highest BCUT2D eigenvalue weighted by Gasteiger charge is 2.51. The molecule has 0 radical (unpaired) electrons. The molecule has 26 heavy (non-hydrogen) atoms. The van der Waals surface area contributed by atoms with E-state index in [9.17, 15) is 9.18 Å². The van der Waals surface area contributed by atoms with Gasteiger partial charge < -0.3 is 10.2 Å². The number of nitrogens with one attached hydrogen (secondary N) is 1. The minimum absolute atomic E-state index is 0.0216. The Bertz CT molecular complexity index is 684. The van der Waals surface area contributed by atoms with Crippen LogP contribution in [0.2, 0.25) is 0 Å². The Labute approximate surface area is 153 Å². The van der Waals surface area contributed by atoms with Crippen molar-refractivity contribution in [3.8, 4) is 6.07 Å². The summed E-state index contributed by atoms with van der Waals surface area (Å²) in [6.07, 6.45) is 4.25. The number of rotatable bonds is 5. The van der Waals surface area contributed by atoms with E-state index < -0.39 is 12.2 Å². The van der Waals surface area contributed by atoms with Gasteiger partial charge in [0.15, 0.2) is 0 Å². The molecule has 2 aliphatic rings. The molecule has 1 saturated carbocycles. The Balaban J connectivity index is 1.62. The van der Waals surface area contributed by atoms with Gasteiger partial charge in [0.05, 0.1) is 19.2 Å². The van der Waals surface area contributed by atoms with Gasteiger partial charge in [0.1, 0.15) is 24.9 Å². The second-order valence-corrected chi connectivity index (χ2v) is 8.28. The molecule has 1 aromatic heterocycles. The summed E-state index contributed by atoms with van der Waals surface area (Å²) in [5.74, 6) is 0.208. The molecule has 3 rings (SSSR count). The number of hydrogen-bond donors (Lipinski definition) is 1. The molecule has 8 heteroatoms. The number of aromatic nitrogens is 3. The highest BCUT2D eigenvalue weighted by atomic mass is 19.1. The number of alkyl halides is 1. The predicted octanol–water partition coefficient (Wildman–Crippen LogP) is 1.53. The van der Waals surface area contributed by atoms with E-state index in [1.54, 1.807) is 6.33 Å². The number of carbonyl (C=O) groups is 1. The fourth-order valence-corrected chi connectivity index (χ4v) is 4.34. The van der Waals surface area contributed by atoms with Crippen molar-refractivity contribution in [1.82, 2.24) is 25.0 Å². The van der Waals surface area contributed by atoms with Crippen LogP contribution in [-0.4, -0.2) is 56.4 Å². The van der Waals surface area contributed by atoms with E-state index in [-0.39, 0.29) is 36.4 Å². The van der Waals surface area contributed by atoms with Gasteiger partial charge in [-0.05, 0) is 31.1 Å². The van der Waals surface area contributed by atoms with Crippen molar-refractivity contribution in [3.05, 3.63) is 12.7 Å². The van der Waals surface area contributed by atoms with Crippen molar-refractivity contribution in [3.63, 3.8) is 0 Å². The van der Waals surface area contributed by atoms with Crippen LogP contribution < -0.4 is 5.32 Å². The van der Waals surface area contributed by atoms with Crippen molar-refractivity contribution in [2.45, 2.75) is 64.3 Å². The third kappa shape index (κ3) is 3.32. The number of carbonyl (C=O) groups excluding carboxylic acids is 1. The lowest BCUT2D eigenvalue weighted by atomic mass is 9.71. The monoisotopic (exact) mass is 362 g/mol. The van der Waals surface area contributed by atoms with E-state index in [1.165, 1.54) is 11.2 Å². The largest absolute Gasteiger partial charge is 0.323 e. The van der Waals surface area contributed by atoms with Crippen LogP contribution in [0.5, 0.6) is 0 Å². The Hall–Kier alpha value is -2.01. The summed E-state index contributed by atoms with van der Waals surface area (Å²) in [5.41, 5.74) is -0.271. The van der Waals surface area contributed by atoms with E-state index in [1.807, 2.05) is 10.8 Å². The summed E-state index contributed by atoms with van der Waals surface area (Å²) < 4.78 is 15.4. The van der Waals surface area contributed by atoms with Gasteiger partial charge in [-0.25, -0.2) is 9.37 Å². The number of nitriles is 1. The molecule has 2 fully saturated rings. The first-order valence-electron chi connectivity index (χ1n) is 9.17. The molecule has 1 saturated heterocycles. The number of nitrogens with zero attached hydrogens (tertiary/aromatic N) is 5. The maximum absolute atomic E-state index is 13.6. The molecule has 1 aliphatic carbocycles. The molecule has 142 valence electrons. The zero-order valence-electron chi connectivity index (χ0n) is 15.7. The number of hydrogen-bond acceptors (Lipinski definition) is 5. The summed E-state index contributed by atoms with van der Waals surface area (Å²) in [5, 5.41) is 16.8. The fourth-order valence-electron chi connectivity index (χ4n) is 4.34. The topological polar surface area (TPSA) is 86.8 Å². The lowest BCUT2D eigenvalue weighted by molar-refractivity contribution is -0.131. The first-order chi connectivity index (χ1) is 12.3. The lowest BCUT2D eigenvalue weighted by Crippen LogP contribution is -2.55. The molecule has 1 amide bonds. The molecule has 1 aromatic rings. The summed E-state index contributed by atoms with van der Waals surface area (Å²) in [4.78, 5) is 17.9. The molecule has 1 aliphatic heterocycles. The Kier molecular flexibility index (Phi) is 5.02. The third-order valence-corrected chi connectivity index (χ3v) is 6.66. The molecule has 0 aromatic carbocycles. The van der Waals surface area contributed by atoms with Crippen LogP contribution in [0, 0.1) is 22.7 Å². The van der Waals surface area contributed by atoms with E-state index in [2.05, 4.69) is 36.2 Å². The van der Waals surface area contributed by atoms with Crippen LogP contribution in [0.4, 0.5) is 4.39 Å². The molecule has 2 heterocycles. The minimum atomic E-state index is -1.10. The van der Waals surface area contributed by atoms with Crippen LogP contribution in [0.1, 0.15) is 40.0 Å². The SMILES string of the molecule is CC1(C)[C@H](Cn2cncn2)CC[C@]1(C)NCC(=O)N1C[C@H](F)C[C@H]1C#N. The second kappa shape index (κ2) is 6.95. The summed E-state index contributed by atoms with van der Waals surface area (Å²) >= 11 is 0. The average molecular weight is 362 g/mol. The second-order valence-electron chi connectivity index (χ2n) is 8.28. The Morgan fingerprint density at radius 3 is 2.88 bits per heavy atom. The van der Waals surface area contributed by atoms with Crippen LogP contribution in [-0.2, 0) is 11.3 Å². The first kappa shape index (κ1) is 18.8. The van der Waals surface area contributed by atoms with Crippen LogP contribution in [0.3, 0.4) is 0 Å². The van der Waals surface area contributed by atoms with Crippen molar-refractivity contribution in [2.75, 3.05) is 13.1 Å². The number of halogens is 1. The van der Waals surface area contributed by atoms with Crippen molar-refractivity contribution >= 4 is 5.91 Å². The predicted molar refractivity (Wildman–Crippen MR) is 93.6 cm³/mol. The molecule has 7 nitrogen and oxygen atoms in total. The molecular weight excluding hydrogens is 335 g/mol. The highest BCUT2D eigenvalue weighted by molar-refractivity contribution is 5.79. The number of amides is 1. The van der Waals surface area contributed by atoms with Gasteiger partial charge in [-0.3, -0.25) is 9.48 Å². The standard InChI is InChI=1S/C18H27FN6O/c1-17(2)13(9-24-12-21-11-23-24)4-5-18(17,3)22-8-16(26)25-10-14(19)6-15(25)7-20/h11-15,22H,4-6,8-10H2,1-3H3/t13-,14+,15-,18-/m0/s1. The highest BCUT2D eigenvalue weighted by Crippen LogP contribution is 2.50. The zero-order chi connectivity index (χ0) is 18.9. The van der Waals surface area contributed by atoms with Gasteiger partial charge in [-0.2, -0.15) is 10.4 Å². The quantitative estimate of drug-likeness (QED) is 0.858.